The number of aliphatic hydroxyl groups excluding tert-OH is 3. The van der Waals surface area contributed by atoms with E-state index in [0.29, 0.717) is 38.5 Å². The minimum Gasteiger partial charge on any atom is -0.480 e. The van der Waals surface area contributed by atoms with Crippen molar-refractivity contribution in [3.8, 4) is 0 Å². The van der Waals surface area contributed by atoms with Crippen molar-refractivity contribution < 1.29 is 62.8 Å². The molecule has 0 amide bonds. The number of esters is 2. The first-order valence-electron chi connectivity index (χ1n) is 21.6. The molecule has 57 heavy (non-hydrogen) atoms. The molecule has 1 unspecified atom stereocenters. The van der Waals surface area contributed by atoms with Crippen LogP contribution in [0.1, 0.15) is 162 Å². The second kappa shape index (κ2) is 32.7. The average molecular weight is 834 g/mol. The molecule has 0 aromatic carbocycles. The lowest BCUT2D eigenvalue weighted by Gasteiger charge is -2.21. The zero-order chi connectivity index (χ0) is 42.3. The monoisotopic (exact) mass is 834 g/mol. The third-order valence-electron chi connectivity index (χ3n) is 10.3. The van der Waals surface area contributed by atoms with Crippen LogP contribution < -0.4 is 5.73 Å². The lowest BCUT2D eigenvalue weighted by Crippen LogP contribution is -2.34. The molecule has 1 fully saturated rings. The Bertz CT molecular complexity index is 1180. The van der Waals surface area contributed by atoms with Crippen LogP contribution in [0.4, 0.5) is 0 Å². The fraction of sp³-hybridized carbons (Fsp3) is 0.833. The highest BCUT2D eigenvalue weighted by molar-refractivity contribution is 7.47. The van der Waals surface area contributed by atoms with E-state index in [9.17, 15) is 39.2 Å². The van der Waals surface area contributed by atoms with Gasteiger partial charge in [-0.15, -0.1) is 0 Å². The van der Waals surface area contributed by atoms with Gasteiger partial charge in [0.05, 0.1) is 31.5 Å². The quantitative estimate of drug-likeness (QED) is 0.0156. The highest BCUT2D eigenvalue weighted by Gasteiger charge is 2.39. The highest BCUT2D eigenvalue weighted by atomic mass is 31.2. The Hall–Kier alpha value is -2.16. The van der Waals surface area contributed by atoms with E-state index in [1.807, 2.05) is 6.08 Å². The van der Waals surface area contributed by atoms with Crippen molar-refractivity contribution in [2.24, 2.45) is 17.6 Å². The number of nitrogens with two attached hydrogens (primary N) is 1. The number of carbonyl (C=O) groups is 3. The number of phosphoric ester groups is 1. The van der Waals surface area contributed by atoms with Crippen LogP contribution in [-0.2, 0) is 37.5 Å². The molecule has 1 saturated carbocycles. The summed E-state index contributed by atoms with van der Waals surface area (Å²) in [7, 11) is -4.78. The van der Waals surface area contributed by atoms with Gasteiger partial charge in [-0.2, -0.15) is 0 Å². The third-order valence-corrected chi connectivity index (χ3v) is 11.2. The first-order valence-corrected chi connectivity index (χ1v) is 23.1. The number of ether oxygens (including phenoxy) is 2. The minimum atomic E-state index is -4.78. The largest absolute Gasteiger partial charge is 0.480 e. The maximum absolute atomic E-state index is 12.7. The number of phosphoric acid groups is 1. The molecule has 0 radical (unpaired) electrons. The van der Waals surface area contributed by atoms with E-state index in [1.165, 1.54) is 25.7 Å². The van der Waals surface area contributed by atoms with Crippen LogP contribution in [0.25, 0.3) is 0 Å². The first kappa shape index (κ1) is 52.9. The Morgan fingerprint density at radius 3 is 1.96 bits per heavy atom. The number of rotatable bonds is 36. The molecule has 332 valence electrons. The van der Waals surface area contributed by atoms with Gasteiger partial charge in [-0.25, -0.2) is 4.57 Å². The van der Waals surface area contributed by atoms with Gasteiger partial charge in [-0.1, -0.05) is 115 Å². The number of aliphatic hydroxyl groups is 3. The summed E-state index contributed by atoms with van der Waals surface area (Å²) >= 11 is 0. The second-order valence-corrected chi connectivity index (χ2v) is 16.9. The number of carboxylic acid groups (broad SMARTS) is 1. The highest BCUT2D eigenvalue weighted by Crippen LogP contribution is 2.43. The Labute approximate surface area is 341 Å². The summed E-state index contributed by atoms with van der Waals surface area (Å²) in [6.07, 6.45) is 24.5. The van der Waals surface area contributed by atoms with Crippen LogP contribution in [-0.4, -0.2) is 93.5 Å². The van der Waals surface area contributed by atoms with Crippen molar-refractivity contribution in [2.75, 3.05) is 19.8 Å². The molecule has 0 aromatic heterocycles. The van der Waals surface area contributed by atoms with Gasteiger partial charge >= 0.3 is 25.7 Å². The molecule has 8 atom stereocenters. The van der Waals surface area contributed by atoms with Gasteiger partial charge in [-0.05, 0) is 57.3 Å². The molecule has 0 bridgehead atoms. The van der Waals surface area contributed by atoms with Gasteiger partial charge < -0.3 is 40.5 Å². The Morgan fingerprint density at radius 2 is 1.32 bits per heavy atom. The molecule has 0 spiro atoms. The van der Waals surface area contributed by atoms with Crippen molar-refractivity contribution in [1.82, 2.24) is 0 Å². The molecule has 1 rings (SSSR count). The topological polar surface area (TPSA) is 232 Å². The number of carboxylic acids is 1. The lowest BCUT2D eigenvalue weighted by atomic mass is 9.88. The van der Waals surface area contributed by atoms with E-state index in [2.05, 4.69) is 30.5 Å². The zero-order valence-corrected chi connectivity index (χ0v) is 35.7. The van der Waals surface area contributed by atoms with Crippen molar-refractivity contribution in [3.05, 3.63) is 24.3 Å². The van der Waals surface area contributed by atoms with Crippen molar-refractivity contribution in [1.29, 1.82) is 0 Å². The average Bonchev–Trinajstić information content (AvgIpc) is 3.44. The van der Waals surface area contributed by atoms with Gasteiger partial charge in [0, 0.05) is 25.2 Å². The molecule has 15 heteroatoms. The van der Waals surface area contributed by atoms with E-state index in [4.69, 9.17) is 24.8 Å². The molecule has 0 aromatic rings. The maximum Gasteiger partial charge on any atom is 0.472 e. The zero-order valence-electron chi connectivity index (χ0n) is 34.8. The minimum absolute atomic E-state index is 0.0337. The first-order chi connectivity index (χ1) is 27.3. The summed E-state index contributed by atoms with van der Waals surface area (Å²) < 4.78 is 32.7. The van der Waals surface area contributed by atoms with E-state index in [-0.39, 0.29) is 24.7 Å². The predicted octanol–water partition coefficient (Wildman–Crippen LogP) is 7.44. The van der Waals surface area contributed by atoms with E-state index < -0.39 is 76.0 Å². The fourth-order valence-corrected chi connectivity index (χ4v) is 7.58. The fourth-order valence-electron chi connectivity index (χ4n) is 6.80. The number of hydrogen-bond donors (Lipinski definition) is 6. The van der Waals surface area contributed by atoms with Crippen LogP contribution >= 0.6 is 7.82 Å². The number of carbonyl (C=O) groups excluding carboxylic acids is 2. The standard InChI is InChI=1S/C42H76NO13P/c1-3-5-7-8-9-10-11-12-13-14-15-16-21-25-40(47)53-30-34(31-54-57(51,52)55-32-37(43)42(49)50)56-41(48)26-22-18-17-20-24-35-36(39(46)29-38(35)45)28-27-33(44)23-19-6-4-2/h10-11,27-28,33-39,44-46H,3-9,12-26,29-32,43H2,1-2H3,(H,49,50)(H,51,52)/b11-10-,28-27+/t33-,34+,35+,36+,37-,38-,39+/m0/s1. The van der Waals surface area contributed by atoms with Gasteiger partial charge in [0.1, 0.15) is 12.6 Å². The SMILES string of the molecule is CCCCCC/C=C\CCCCCCCC(=O)OC[C@H](COP(=O)(O)OC[C@H](N)C(=O)O)OC(=O)CCCCCC[C@@H]1[C@@H](/C=C/[C@@H](O)CCCCC)[C@H](O)C[C@@H]1O. The summed E-state index contributed by atoms with van der Waals surface area (Å²) in [4.78, 5) is 46.1. The van der Waals surface area contributed by atoms with Gasteiger partial charge in [0.15, 0.2) is 6.10 Å². The summed E-state index contributed by atoms with van der Waals surface area (Å²) in [6.45, 7) is 2.46. The van der Waals surface area contributed by atoms with Gasteiger partial charge in [0.25, 0.3) is 0 Å². The van der Waals surface area contributed by atoms with E-state index in [1.54, 1.807) is 6.08 Å². The van der Waals surface area contributed by atoms with Gasteiger partial charge in [0.2, 0.25) is 0 Å². The van der Waals surface area contributed by atoms with Crippen molar-refractivity contribution >= 4 is 25.7 Å². The Balaban J connectivity index is 2.50. The molecule has 7 N–H and O–H groups in total. The van der Waals surface area contributed by atoms with Crippen LogP contribution in [0.15, 0.2) is 24.3 Å². The smallest absolute Gasteiger partial charge is 0.472 e. The number of unbranched alkanes of at least 4 members (excludes halogenated alkanes) is 14. The summed E-state index contributed by atoms with van der Waals surface area (Å²) in [5.74, 6) is -2.91. The molecule has 14 nitrogen and oxygen atoms in total. The van der Waals surface area contributed by atoms with E-state index >= 15 is 0 Å². The number of hydrogen-bond acceptors (Lipinski definition) is 12. The summed E-state index contributed by atoms with van der Waals surface area (Å²) in [5, 5.41) is 40.3. The van der Waals surface area contributed by atoms with Crippen molar-refractivity contribution in [2.45, 2.75) is 192 Å². The third kappa shape index (κ3) is 27.3. The number of allylic oxidation sites excluding steroid dienone is 2. The van der Waals surface area contributed by atoms with Crippen LogP contribution in [0.2, 0.25) is 0 Å². The molecular weight excluding hydrogens is 757 g/mol. The van der Waals surface area contributed by atoms with Crippen LogP contribution in [0.3, 0.4) is 0 Å². The molecule has 1 aliphatic carbocycles. The molecule has 1 aliphatic rings. The summed E-state index contributed by atoms with van der Waals surface area (Å²) in [5.41, 5.74) is 5.33. The predicted molar refractivity (Wildman–Crippen MR) is 219 cm³/mol. The second-order valence-electron chi connectivity index (χ2n) is 15.4. The lowest BCUT2D eigenvalue weighted by molar-refractivity contribution is -0.161. The van der Waals surface area contributed by atoms with Crippen LogP contribution in [0.5, 0.6) is 0 Å². The normalized spacial score (nSPS) is 21.1. The molecule has 0 aliphatic heterocycles. The molecule has 0 heterocycles. The van der Waals surface area contributed by atoms with Crippen molar-refractivity contribution in [3.63, 3.8) is 0 Å². The summed E-state index contributed by atoms with van der Waals surface area (Å²) in [6, 6.07) is -1.56. The van der Waals surface area contributed by atoms with Gasteiger partial charge in [-0.3, -0.25) is 23.4 Å². The Kier molecular flexibility index (Phi) is 30.3. The number of aliphatic carboxylic acids is 1. The van der Waals surface area contributed by atoms with Crippen LogP contribution in [0, 0.1) is 11.8 Å². The molecule has 0 saturated heterocycles. The molecular formula is C42H76NO13P. The Morgan fingerprint density at radius 1 is 0.754 bits per heavy atom. The maximum atomic E-state index is 12.7. The van der Waals surface area contributed by atoms with E-state index in [0.717, 1.165) is 70.6 Å².